The molecule has 6 aliphatic rings. The van der Waals surface area contributed by atoms with E-state index < -0.39 is 5.60 Å². The van der Waals surface area contributed by atoms with Crippen molar-refractivity contribution in [3.05, 3.63) is 0 Å². The molecule has 6 rings (SSSR count). The molecule has 0 spiro atoms. The minimum atomic E-state index is -0.528. The topological polar surface area (TPSA) is 67.6 Å². The zero-order valence-corrected chi connectivity index (χ0v) is 14.3. The van der Waals surface area contributed by atoms with Gasteiger partial charge in [-0.05, 0) is 63.2 Å². The van der Waals surface area contributed by atoms with Crippen LogP contribution in [0.15, 0.2) is 0 Å². The van der Waals surface area contributed by atoms with Crippen molar-refractivity contribution >= 4 is 24.1 Å². The summed E-state index contributed by atoms with van der Waals surface area (Å²) in [6.45, 7) is 1.19. The third-order valence-electron chi connectivity index (χ3n) is 7.04. The van der Waals surface area contributed by atoms with E-state index in [4.69, 9.17) is 5.41 Å². The summed E-state index contributed by atoms with van der Waals surface area (Å²) in [5.41, 5.74) is -0.638. The average Bonchev–Trinajstić information content (AvgIpc) is 2.90. The Morgan fingerprint density at radius 2 is 1.87 bits per heavy atom. The number of carbonyl (C=O) groups excluding carboxylic acids is 1. The number of aliphatic hydroxyl groups is 1. The fourth-order valence-electron chi connectivity index (χ4n) is 6.75. The fraction of sp³-hybridized carbons (Fsp3) is 0.882. The largest absolute Gasteiger partial charge is 0.390 e. The summed E-state index contributed by atoms with van der Waals surface area (Å²) in [6, 6.07) is 0.00361. The monoisotopic (exact) mass is 339 g/mol. The summed E-state index contributed by atoms with van der Waals surface area (Å²) in [5.74, 6) is 2.04. The van der Waals surface area contributed by atoms with Crippen LogP contribution in [0.4, 0.5) is 0 Å². The second kappa shape index (κ2) is 4.85. The summed E-state index contributed by atoms with van der Waals surface area (Å²) in [6.07, 6.45) is 8.02. The molecule has 3 unspecified atom stereocenters. The number of hydrogen-bond donors (Lipinski definition) is 2. The molecule has 128 valence electrons. The SMILES string of the molecule is Cl.N=C1C2CCCN2C(=O)CN1C12C[C@@H]3C[C@@H](CC(O)(C3)C1)C2. The van der Waals surface area contributed by atoms with E-state index in [2.05, 4.69) is 4.90 Å². The first kappa shape index (κ1) is 15.7. The van der Waals surface area contributed by atoms with Crippen molar-refractivity contribution < 1.29 is 9.90 Å². The lowest BCUT2D eigenvalue weighted by molar-refractivity contribution is -0.170. The number of hydrogen-bond acceptors (Lipinski definition) is 3. The second-order valence-electron chi connectivity index (χ2n) is 8.63. The smallest absolute Gasteiger partial charge is 0.242 e. The van der Waals surface area contributed by atoms with Gasteiger partial charge in [-0.3, -0.25) is 10.2 Å². The lowest BCUT2D eigenvalue weighted by Gasteiger charge is -2.64. The van der Waals surface area contributed by atoms with Crippen LogP contribution >= 0.6 is 12.4 Å². The first-order valence-electron chi connectivity index (χ1n) is 8.86. The lowest BCUT2D eigenvalue weighted by atomic mass is 9.50. The van der Waals surface area contributed by atoms with Gasteiger partial charge in [-0.25, -0.2) is 0 Å². The maximum atomic E-state index is 12.5. The van der Waals surface area contributed by atoms with Gasteiger partial charge in [0.1, 0.15) is 5.84 Å². The first-order valence-corrected chi connectivity index (χ1v) is 8.86. The van der Waals surface area contributed by atoms with E-state index in [1.165, 1.54) is 6.42 Å². The Bertz CT molecular complexity index is 552. The van der Waals surface area contributed by atoms with E-state index in [1.54, 1.807) is 0 Å². The highest BCUT2D eigenvalue weighted by atomic mass is 35.5. The van der Waals surface area contributed by atoms with Gasteiger partial charge in [-0.1, -0.05) is 0 Å². The molecule has 4 aliphatic carbocycles. The highest BCUT2D eigenvalue weighted by Crippen LogP contribution is 2.59. The van der Waals surface area contributed by atoms with Crippen molar-refractivity contribution in [1.29, 1.82) is 5.41 Å². The molecule has 2 N–H and O–H groups in total. The molecule has 2 aliphatic heterocycles. The molecule has 5 nitrogen and oxygen atoms in total. The molecule has 5 atom stereocenters. The molecule has 0 radical (unpaired) electrons. The summed E-state index contributed by atoms with van der Waals surface area (Å²) in [7, 11) is 0. The minimum absolute atomic E-state index is 0. The Balaban J connectivity index is 0.00000135. The van der Waals surface area contributed by atoms with Crippen molar-refractivity contribution in [1.82, 2.24) is 9.80 Å². The van der Waals surface area contributed by atoms with Gasteiger partial charge in [0.25, 0.3) is 0 Å². The minimum Gasteiger partial charge on any atom is -0.390 e. The van der Waals surface area contributed by atoms with Crippen LogP contribution in [0.2, 0.25) is 0 Å². The summed E-state index contributed by atoms with van der Waals surface area (Å²) >= 11 is 0. The molecule has 23 heavy (non-hydrogen) atoms. The lowest BCUT2D eigenvalue weighted by Crippen LogP contribution is -2.71. The van der Waals surface area contributed by atoms with E-state index >= 15 is 0 Å². The van der Waals surface area contributed by atoms with Gasteiger partial charge in [0.2, 0.25) is 5.91 Å². The number of rotatable bonds is 1. The van der Waals surface area contributed by atoms with Crippen molar-refractivity contribution in [3.8, 4) is 0 Å². The molecule has 6 fully saturated rings. The highest BCUT2D eigenvalue weighted by Gasteiger charge is 2.61. The number of halogens is 1. The molecule has 0 aromatic rings. The molecule has 2 saturated heterocycles. The van der Waals surface area contributed by atoms with Crippen molar-refractivity contribution in [2.45, 2.75) is 68.5 Å². The molecular formula is C17H26ClN3O2. The van der Waals surface area contributed by atoms with E-state index in [9.17, 15) is 9.90 Å². The van der Waals surface area contributed by atoms with Crippen molar-refractivity contribution in [2.24, 2.45) is 11.8 Å². The van der Waals surface area contributed by atoms with Crippen LogP contribution in [0.1, 0.15) is 51.4 Å². The predicted octanol–water partition coefficient (Wildman–Crippen LogP) is 1.78. The number of carbonyl (C=O) groups is 1. The maximum absolute atomic E-state index is 12.5. The number of nitrogens with zero attached hydrogens (tertiary/aromatic N) is 2. The van der Waals surface area contributed by atoms with Gasteiger partial charge >= 0.3 is 0 Å². The molecule has 1 amide bonds. The standard InChI is InChI=1S/C17H25N3O2.ClH/c18-15-13-2-1-3-19(13)14(21)9-20(15)16-5-11-4-12(6-16)8-17(22,7-11)10-16;/h11-13,18,22H,1-10H2;1H/t11-,12+,13?,16?,17?;. The first-order chi connectivity index (χ1) is 10.5. The summed E-state index contributed by atoms with van der Waals surface area (Å²) in [5, 5.41) is 19.7. The molecular weight excluding hydrogens is 314 g/mol. The number of nitrogens with one attached hydrogen (secondary N) is 1. The second-order valence-corrected chi connectivity index (χ2v) is 8.63. The molecule has 6 heteroatoms. The van der Waals surface area contributed by atoms with E-state index in [0.717, 1.165) is 51.5 Å². The molecule has 4 bridgehead atoms. The third-order valence-corrected chi connectivity index (χ3v) is 7.04. The Morgan fingerprint density at radius 1 is 1.17 bits per heavy atom. The normalized spacial score (nSPS) is 47.8. The highest BCUT2D eigenvalue weighted by molar-refractivity contribution is 5.97. The maximum Gasteiger partial charge on any atom is 0.242 e. The fourth-order valence-corrected chi connectivity index (χ4v) is 6.75. The number of amides is 1. The molecule has 4 saturated carbocycles. The number of fused-ring (bicyclic) bond motifs is 1. The van der Waals surface area contributed by atoms with E-state index in [0.29, 0.717) is 24.2 Å². The van der Waals surface area contributed by atoms with Gasteiger partial charge in [0.05, 0.1) is 18.2 Å². The van der Waals surface area contributed by atoms with Gasteiger partial charge in [-0.2, -0.15) is 0 Å². The summed E-state index contributed by atoms with van der Waals surface area (Å²) < 4.78 is 0. The zero-order valence-electron chi connectivity index (χ0n) is 13.5. The summed E-state index contributed by atoms with van der Waals surface area (Å²) in [4.78, 5) is 16.6. The Kier molecular flexibility index (Phi) is 3.31. The van der Waals surface area contributed by atoms with Crippen molar-refractivity contribution in [3.63, 3.8) is 0 Å². The van der Waals surface area contributed by atoms with Crippen LogP contribution in [0.5, 0.6) is 0 Å². The number of amidine groups is 1. The van der Waals surface area contributed by atoms with Crippen LogP contribution in [-0.4, -0.2) is 56.9 Å². The van der Waals surface area contributed by atoms with Gasteiger partial charge in [-0.15, -0.1) is 12.4 Å². The molecule has 0 aromatic heterocycles. The van der Waals surface area contributed by atoms with E-state index in [-0.39, 0.29) is 29.9 Å². The van der Waals surface area contributed by atoms with Crippen LogP contribution in [-0.2, 0) is 4.79 Å². The van der Waals surface area contributed by atoms with Crippen LogP contribution < -0.4 is 0 Å². The Hall–Kier alpha value is -0.810. The zero-order chi connectivity index (χ0) is 15.1. The number of piperazine rings is 1. The van der Waals surface area contributed by atoms with Crippen molar-refractivity contribution in [2.75, 3.05) is 13.1 Å². The third kappa shape index (κ3) is 2.08. The van der Waals surface area contributed by atoms with Crippen LogP contribution in [0.3, 0.4) is 0 Å². The molecule has 0 aromatic carbocycles. The van der Waals surface area contributed by atoms with Crippen LogP contribution in [0, 0.1) is 17.2 Å². The van der Waals surface area contributed by atoms with Gasteiger partial charge < -0.3 is 14.9 Å². The Morgan fingerprint density at radius 3 is 2.52 bits per heavy atom. The van der Waals surface area contributed by atoms with Crippen LogP contribution in [0.25, 0.3) is 0 Å². The van der Waals surface area contributed by atoms with Gasteiger partial charge in [0.15, 0.2) is 0 Å². The predicted molar refractivity (Wildman–Crippen MR) is 88.8 cm³/mol. The molecule has 2 heterocycles. The van der Waals surface area contributed by atoms with E-state index in [1.807, 2.05) is 4.90 Å². The Labute approximate surface area is 143 Å². The average molecular weight is 340 g/mol. The quantitative estimate of drug-likeness (QED) is 0.765. The van der Waals surface area contributed by atoms with Gasteiger partial charge in [0, 0.05) is 12.1 Å².